The highest BCUT2D eigenvalue weighted by molar-refractivity contribution is 7.10. The highest BCUT2D eigenvalue weighted by Gasteiger charge is 2.13. The SMILES string of the molecule is C.C.CC(C)c1ccco1.CC(C)c1cccs1.Cc1cc(C(C)c2ccco2)cc(C)c1O.Cc1cc(C)c(O)c(C)c1.Oc1ccccc1.Oc1ccccc1.Oc1ccccc1.Oc1ccccc1.Oc1ccccc1. The van der Waals surface area contributed by atoms with E-state index >= 15 is 0 Å². The van der Waals surface area contributed by atoms with Gasteiger partial charge in [0.2, 0.25) is 0 Å². The Labute approximate surface area is 475 Å². The molecule has 0 fully saturated rings. The topological polar surface area (TPSA) is 168 Å². The Kier molecular flexibility index (Phi) is 36.2. The Bertz CT molecular complexity index is 2660. The van der Waals surface area contributed by atoms with Crippen LogP contribution in [0.25, 0.3) is 0 Å². The number of hydrogen-bond donors (Lipinski definition) is 7. The Balaban J connectivity index is 0.000000878. The summed E-state index contributed by atoms with van der Waals surface area (Å²) in [6, 6.07) is 63.6. The van der Waals surface area contributed by atoms with E-state index in [9.17, 15) is 10.2 Å². The van der Waals surface area contributed by atoms with E-state index in [2.05, 4.69) is 52.1 Å². The molecule has 0 saturated heterocycles. The van der Waals surface area contributed by atoms with Crippen LogP contribution in [-0.4, -0.2) is 35.7 Å². The largest absolute Gasteiger partial charge is 0.508 e. The monoisotopic (exact) mass is 1090 g/mol. The first-order valence-electron chi connectivity index (χ1n) is 25.2. The fourth-order valence-corrected chi connectivity index (χ4v) is 7.24. The molecule has 7 aromatic carbocycles. The van der Waals surface area contributed by atoms with Gasteiger partial charge in [0.05, 0.1) is 12.5 Å². The highest BCUT2D eigenvalue weighted by atomic mass is 32.1. The lowest BCUT2D eigenvalue weighted by molar-refractivity contribution is 0.465. The third kappa shape index (κ3) is 31.3. The zero-order chi connectivity index (χ0) is 57.0. The molecule has 1 unspecified atom stereocenters. The maximum atomic E-state index is 9.72. The summed E-state index contributed by atoms with van der Waals surface area (Å²) in [6.07, 6.45) is 3.39. The quantitative estimate of drug-likeness (QED) is 0.0907. The summed E-state index contributed by atoms with van der Waals surface area (Å²) in [7, 11) is 0. The molecule has 10 rings (SSSR count). The first-order valence-corrected chi connectivity index (χ1v) is 26.0. The highest BCUT2D eigenvalue weighted by Crippen LogP contribution is 2.31. The fourth-order valence-electron chi connectivity index (χ4n) is 6.49. The molecule has 3 aromatic heterocycles. The van der Waals surface area contributed by atoms with Crippen molar-refractivity contribution in [2.45, 2.75) is 102 Å². The van der Waals surface area contributed by atoms with Crippen LogP contribution in [0.5, 0.6) is 40.2 Å². The first-order chi connectivity index (χ1) is 36.8. The van der Waals surface area contributed by atoms with Crippen LogP contribution in [0.15, 0.2) is 239 Å². The normalized spacial score (nSPS) is 9.72. The van der Waals surface area contributed by atoms with Crippen LogP contribution in [0.3, 0.4) is 0 Å². The summed E-state index contributed by atoms with van der Waals surface area (Å²) < 4.78 is 10.5. The number of para-hydroxylation sites is 5. The third-order valence-corrected chi connectivity index (χ3v) is 11.8. The van der Waals surface area contributed by atoms with Crippen LogP contribution >= 0.6 is 11.3 Å². The minimum Gasteiger partial charge on any atom is -0.508 e. The van der Waals surface area contributed by atoms with Crippen molar-refractivity contribution in [2.24, 2.45) is 0 Å². The molecule has 422 valence electrons. The predicted molar refractivity (Wildman–Crippen MR) is 331 cm³/mol. The van der Waals surface area contributed by atoms with Gasteiger partial charge in [0.1, 0.15) is 51.8 Å². The molecule has 1 atom stereocenters. The van der Waals surface area contributed by atoms with Crippen LogP contribution < -0.4 is 0 Å². The van der Waals surface area contributed by atoms with E-state index in [0.29, 0.717) is 52.1 Å². The molecule has 0 aliphatic heterocycles. The fraction of sp³-hybridized carbons (Fsp3) is 0.217. The van der Waals surface area contributed by atoms with Crippen molar-refractivity contribution in [2.75, 3.05) is 0 Å². The Hall–Kier alpha value is -8.60. The van der Waals surface area contributed by atoms with Crippen LogP contribution in [0, 0.1) is 34.6 Å². The van der Waals surface area contributed by atoms with Crippen LogP contribution in [0.4, 0.5) is 0 Å². The maximum absolute atomic E-state index is 9.72. The van der Waals surface area contributed by atoms with Crippen molar-refractivity contribution >= 4 is 11.3 Å². The first kappa shape index (κ1) is 70.4. The predicted octanol–water partition coefficient (Wildman–Crippen LogP) is 19.6. The van der Waals surface area contributed by atoms with Gasteiger partial charge in [0, 0.05) is 16.7 Å². The van der Waals surface area contributed by atoms with Crippen molar-refractivity contribution in [3.63, 3.8) is 0 Å². The van der Waals surface area contributed by atoms with E-state index in [4.69, 9.17) is 34.4 Å². The van der Waals surface area contributed by atoms with Gasteiger partial charge in [-0.2, -0.15) is 0 Å². The number of aromatic hydroxyl groups is 7. The van der Waals surface area contributed by atoms with Gasteiger partial charge in [-0.05, 0) is 165 Å². The number of aryl methyl sites for hydroxylation is 5. The number of benzene rings is 7. The van der Waals surface area contributed by atoms with Crippen molar-refractivity contribution in [1.82, 2.24) is 0 Å². The molecule has 10 aromatic rings. The van der Waals surface area contributed by atoms with Crippen molar-refractivity contribution in [3.05, 3.63) is 280 Å². The minimum absolute atomic E-state index is 0. The Morgan fingerprint density at radius 3 is 0.848 bits per heavy atom. The van der Waals surface area contributed by atoms with E-state index in [1.165, 1.54) is 16.0 Å². The van der Waals surface area contributed by atoms with E-state index in [1.54, 1.807) is 134 Å². The molecular formula is C69H86O9S. The summed E-state index contributed by atoms with van der Waals surface area (Å²) in [5.74, 6) is 5.86. The Morgan fingerprint density at radius 2 is 0.646 bits per heavy atom. The molecule has 0 amide bonds. The van der Waals surface area contributed by atoms with Crippen molar-refractivity contribution < 1.29 is 44.6 Å². The number of furan rings is 2. The van der Waals surface area contributed by atoms with E-state index < -0.39 is 0 Å². The summed E-state index contributed by atoms with van der Waals surface area (Å²) in [5.41, 5.74) is 6.10. The van der Waals surface area contributed by atoms with E-state index in [1.807, 2.05) is 125 Å². The molecule has 0 bridgehead atoms. The standard InChI is InChI=1S/C14H16O2.C9H12O.C7H10O.C7H10S.5C6H6O.2CH4/c1-9-7-12(8-10(2)14(9)15)11(3)13-5-4-6-16-13;1-6-4-7(2)9(10)8(3)5-6;2*1-6(2)7-4-3-5-8-7;5*7-6-4-2-1-3-5-6;;/h4-8,11,15H,1-3H3;4-5,10H,1-3H3;2*3-6H,1-2H3;5*1-5,7H;2*1H4. The van der Waals surface area contributed by atoms with Gasteiger partial charge in [-0.1, -0.05) is 176 Å². The number of phenols is 7. The second-order valence-corrected chi connectivity index (χ2v) is 19.0. The molecule has 0 saturated carbocycles. The third-order valence-electron chi connectivity index (χ3n) is 10.6. The Morgan fingerprint density at radius 1 is 0.342 bits per heavy atom. The summed E-state index contributed by atoms with van der Waals surface area (Å²) in [5, 5.41) is 64.3. The van der Waals surface area contributed by atoms with E-state index in [-0.39, 0.29) is 20.8 Å². The minimum atomic E-state index is 0. The molecular weight excluding hydrogens is 1000 g/mol. The van der Waals surface area contributed by atoms with Gasteiger partial charge in [-0.25, -0.2) is 0 Å². The number of thiophene rings is 1. The molecule has 9 nitrogen and oxygen atoms in total. The summed E-state index contributed by atoms with van der Waals surface area (Å²) in [4.78, 5) is 1.48. The zero-order valence-corrected chi connectivity index (χ0v) is 46.8. The molecule has 0 spiro atoms. The molecule has 0 radical (unpaired) electrons. The molecule has 79 heavy (non-hydrogen) atoms. The van der Waals surface area contributed by atoms with Gasteiger partial charge in [0.15, 0.2) is 0 Å². The maximum Gasteiger partial charge on any atom is 0.121 e. The number of rotatable bonds is 4. The summed E-state index contributed by atoms with van der Waals surface area (Å²) in [6.45, 7) is 20.4. The van der Waals surface area contributed by atoms with Crippen LogP contribution in [0.1, 0.15) is 117 Å². The van der Waals surface area contributed by atoms with Gasteiger partial charge < -0.3 is 44.6 Å². The molecule has 10 heteroatoms. The van der Waals surface area contributed by atoms with Crippen LogP contribution in [-0.2, 0) is 0 Å². The average molecular weight is 1090 g/mol. The summed E-state index contributed by atoms with van der Waals surface area (Å²) >= 11 is 1.83. The second kappa shape index (κ2) is 40.6. The molecule has 0 aliphatic carbocycles. The van der Waals surface area contributed by atoms with E-state index in [0.717, 1.165) is 33.8 Å². The lowest BCUT2D eigenvalue weighted by Crippen LogP contribution is -1.96. The lowest BCUT2D eigenvalue weighted by atomic mass is 9.94. The van der Waals surface area contributed by atoms with Gasteiger partial charge in [-0.3, -0.25) is 0 Å². The number of phenolic OH excluding ortho intramolecular Hbond substituents is 7. The van der Waals surface area contributed by atoms with Gasteiger partial charge >= 0.3 is 0 Å². The molecule has 0 aliphatic rings. The second-order valence-electron chi connectivity index (χ2n) is 18.0. The van der Waals surface area contributed by atoms with Crippen molar-refractivity contribution in [3.8, 4) is 40.2 Å². The zero-order valence-electron chi connectivity index (χ0n) is 46.0. The average Bonchev–Trinajstić information content (AvgIpc) is 4.27. The molecule has 7 N–H and O–H groups in total. The molecule has 3 heterocycles. The van der Waals surface area contributed by atoms with Crippen LogP contribution in [0.2, 0.25) is 0 Å². The smallest absolute Gasteiger partial charge is 0.121 e. The van der Waals surface area contributed by atoms with Gasteiger partial charge in [-0.15, -0.1) is 11.3 Å². The van der Waals surface area contributed by atoms with Crippen molar-refractivity contribution in [1.29, 1.82) is 0 Å². The lowest BCUT2D eigenvalue weighted by Gasteiger charge is -2.12. The van der Waals surface area contributed by atoms with Gasteiger partial charge in [0.25, 0.3) is 0 Å². The number of hydrogen-bond acceptors (Lipinski definition) is 10.